The van der Waals surface area contributed by atoms with E-state index >= 15 is 0 Å². The second-order valence-electron chi connectivity index (χ2n) is 3.64. The van der Waals surface area contributed by atoms with Crippen molar-refractivity contribution in [3.05, 3.63) is 36.2 Å². The fourth-order valence-electron chi connectivity index (χ4n) is 1.47. The summed E-state index contributed by atoms with van der Waals surface area (Å²) in [6, 6.07) is 9.91. The number of ether oxygens (including phenoxy) is 1. The summed E-state index contributed by atoms with van der Waals surface area (Å²) < 4.78 is 4.95. The van der Waals surface area contributed by atoms with E-state index in [2.05, 4.69) is 20.5 Å². The minimum Gasteiger partial charge on any atom is -0.383 e. The molecule has 2 rings (SSSR count). The lowest BCUT2D eigenvalue weighted by molar-refractivity contribution is 0.199. The van der Waals surface area contributed by atoms with Crippen LogP contribution in [0.1, 0.15) is 5.82 Å². The molecule has 2 aromatic rings. The molecule has 2 N–H and O–H groups in total. The number of H-pyrrole nitrogens is 1. The lowest BCUT2D eigenvalue weighted by Gasteiger charge is -1.99. The summed E-state index contributed by atoms with van der Waals surface area (Å²) in [5, 5.41) is 10.3. The maximum absolute atomic E-state index is 4.95. The SMILES string of the molecule is COCCNCc1nc(-c2ccccc2)n[nH]1. The molecular weight excluding hydrogens is 216 g/mol. The van der Waals surface area contributed by atoms with Gasteiger partial charge in [-0.1, -0.05) is 30.3 Å². The number of benzene rings is 1. The van der Waals surface area contributed by atoms with Gasteiger partial charge >= 0.3 is 0 Å². The van der Waals surface area contributed by atoms with Crippen LogP contribution in [-0.4, -0.2) is 35.4 Å². The lowest BCUT2D eigenvalue weighted by Crippen LogP contribution is -2.19. The van der Waals surface area contributed by atoms with Crippen LogP contribution < -0.4 is 5.32 Å². The zero-order valence-electron chi connectivity index (χ0n) is 9.81. The number of methoxy groups -OCH3 is 1. The van der Waals surface area contributed by atoms with Crippen LogP contribution in [-0.2, 0) is 11.3 Å². The van der Waals surface area contributed by atoms with E-state index in [4.69, 9.17) is 4.74 Å². The minimum atomic E-state index is 0.670. The molecule has 5 nitrogen and oxygen atoms in total. The van der Waals surface area contributed by atoms with Gasteiger partial charge in [0.05, 0.1) is 13.2 Å². The van der Waals surface area contributed by atoms with Crippen LogP contribution in [0.15, 0.2) is 30.3 Å². The Labute approximate surface area is 100 Å². The van der Waals surface area contributed by atoms with Crippen molar-refractivity contribution in [2.75, 3.05) is 20.3 Å². The van der Waals surface area contributed by atoms with Gasteiger partial charge in [0, 0.05) is 19.2 Å². The first-order chi connectivity index (χ1) is 8.40. The van der Waals surface area contributed by atoms with Gasteiger partial charge in [0.2, 0.25) is 0 Å². The lowest BCUT2D eigenvalue weighted by atomic mass is 10.2. The second-order valence-corrected chi connectivity index (χ2v) is 3.64. The average Bonchev–Trinajstić information content (AvgIpc) is 2.85. The smallest absolute Gasteiger partial charge is 0.181 e. The van der Waals surface area contributed by atoms with E-state index in [0.717, 1.165) is 23.8 Å². The van der Waals surface area contributed by atoms with Crippen molar-refractivity contribution < 1.29 is 4.74 Å². The van der Waals surface area contributed by atoms with E-state index in [9.17, 15) is 0 Å². The van der Waals surface area contributed by atoms with Gasteiger partial charge < -0.3 is 10.1 Å². The molecule has 0 aliphatic heterocycles. The van der Waals surface area contributed by atoms with Crippen molar-refractivity contribution in [1.82, 2.24) is 20.5 Å². The third-order valence-corrected chi connectivity index (χ3v) is 2.34. The molecule has 0 spiro atoms. The third-order valence-electron chi connectivity index (χ3n) is 2.34. The van der Waals surface area contributed by atoms with Crippen LogP contribution in [0.5, 0.6) is 0 Å². The van der Waals surface area contributed by atoms with E-state index in [0.29, 0.717) is 13.2 Å². The molecule has 1 aromatic heterocycles. The highest BCUT2D eigenvalue weighted by Crippen LogP contribution is 2.12. The Morgan fingerprint density at radius 2 is 2.12 bits per heavy atom. The molecule has 0 radical (unpaired) electrons. The van der Waals surface area contributed by atoms with E-state index in [1.54, 1.807) is 7.11 Å². The van der Waals surface area contributed by atoms with Crippen molar-refractivity contribution in [1.29, 1.82) is 0 Å². The molecule has 0 aliphatic rings. The van der Waals surface area contributed by atoms with E-state index in [-0.39, 0.29) is 0 Å². The Balaban J connectivity index is 1.92. The maximum Gasteiger partial charge on any atom is 0.181 e. The third kappa shape index (κ3) is 3.37. The number of nitrogens with one attached hydrogen (secondary N) is 2. The van der Waals surface area contributed by atoms with Crippen LogP contribution in [0.3, 0.4) is 0 Å². The first kappa shape index (κ1) is 11.8. The fraction of sp³-hybridized carbons (Fsp3) is 0.333. The van der Waals surface area contributed by atoms with Crippen LogP contribution in [0.4, 0.5) is 0 Å². The second kappa shape index (κ2) is 6.12. The quantitative estimate of drug-likeness (QED) is 0.735. The number of rotatable bonds is 6. The molecule has 0 fully saturated rings. The molecule has 1 aromatic carbocycles. The highest BCUT2D eigenvalue weighted by Gasteiger charge is 2.04. The molecule has 5 heteroatoms. The summed E-state index contributed by atoms with van der Waals surface area (Å²) in [5.74, 6) is 1.56. The first-order valence-corrected chi connectivity index (χ1v) is 5.56. The van der Waals surface area contributed by atoms with Gasteiger partial charge in [-0.05, 0) is 0 Å². The molecular formula is C12H16N4O. The van der Waals surface area contributed by atoms with Crippen LogP contribution in [0.25, 0.3) is 11.4 Å². The number of nitrogens with zero attached hydrogens (tertiary/aromatic N) is 2. The van der Waals surface area contributed by atoms with Gasteiger partial charge in [0.15, 0.2) is 5.82 Å². The van der Waals surface area contributed by atoms with Gasteiger partial charge in [-0.15, -0.1) is 0 Å². The van der Waals surface area contributed by atoms with Crippen LogP contribution in [0.2, 0.25) is 0 Å². The van der Waals surface area contributed by atoms with Crippen molar-refractivity contribution in [2.24, 2.45) is 0 Å². The van der Waals surface area contributed by atoms with Gasteiger partial charge in [-0.2, -0.15) is 5.10 Å². The number of aromatic amines is 1. The van der Waals surface area contributed by atoms with Crippen molar-refractivity contribution in [3.63, 3.8) is 0 Å². The molecule has 0 saturated heterocycles. The Hall–Kier alpha value is -1.72. The monoisotopic (exact) mass is 232 g/mol. The summed E-state index contributed by atoms with van der Waals surface area (Å²) in [6.45, 7) is 2.17. The zero-order valence-corrected chi connectivity index (χ0v) is 9.81. The Kier molecular flexibility index (Phi) is 4.23. The molecule has 17 heavy (non-hydrogen) atoms. The van der Waals surface area contributed by atoms with Crippen molar-refractivity contribution in [3.8, 4) is 11.4 Å². The maximum atomic E-state index is 4.95. The highest BCUT2D eigenvalue weighted by molar-refractivity contribution is 5.53. The number of hydrogen-bond acceptors (Lipinski definition) is 4. The number of hydrogen-bond donors (Lipinski definition) is 2. The Bertz CT molecular complexity index is 441. The van der Waals surface area contributed by atoms with Crippen molar-refractivity contribution >= 4 is 0 Å². The molecule has 0 saturated carbocycles. The largest absolute Gasteiger partial charge is 0.383 e. The summed E-state index contributed by atoms with van der Waals surface area (Å²) in [6.07, 6.45) is 0. The van der Waals surface area contributed by atoms with Crippen LogP contribution in [0, 0.1) is 0 Å². The average molecular weight is 232 g/mol. The highest BCUT2D eigenvalue weighted by atomic mass is 16.5. The summed E-state index contributed by atoms with van der Waals surface area (Å²) in [7, 11) is 1.68. The summed E-state index contributed by atoms with van der Waals surface area (Å²) in [4.78, 5) is 4.41. The summed E-state index contributed by atoms with van der Waals surface area (Å²) >= 11 is 0. The van der Waals surface area contributed by atoms with Gasteiger partial charge in [0.1, 0.15) is 5.82 Å². The van der Waals surface area contributed by atoms with Gasteiger partial charge in [0.25, 0.3) is 0 Å². The Morgan fingerprint density at radius 1 is 1.29 bits per heavy atom. The van der Waals surface area contributed by atoms with Gasteiger partial charge in [-0.25, -0.2) is 4.98 Å². The predicted octanol–water partition coefficient (Wildman–Crippen LogP) is 1.21. The van der Waals surface area contributed by atoms with Crippen LogP contribution >= 0.6 is 0 Å². The zero-order chi connectivity index (χ0) is 11.9. The first-order valence-electron chi connectivity index (χ1n) is 5.56. The predicted molar refractivity (Wildman–Crippen MR) is 65.4 cm³/mol. The van der Waals surface area contributed by atoms with Gasteiger partial charge in [-0.3, -0.25) is 5.10 Å². The topological polar surface area (TPSA) is 62.8 Å². The molecule has 90 valence electrons. The molecule has 0 aliphatic carbocycles. The molecule has 0 atom stereocenters. The molecule has 1 heterocycles. The molecule has 0 amide bonds. The minimum absolute atomic E-state index is 0.670. The molecule has 0 bridgehead atoms. The molecule has 0 unspecified atom stereocenters. The Morgan fingerprint density at radius 3 is 2.88 bits per heavy atom. The number of aromatic nitrogens is 3. The van der Waals surface area contributed by atoms with E-state index in [1.807, 2.05) is 30.3 Å². The van der Waals surface area contributed by atoms with E-state index < -0.39 is 0 Å². The van der Waals surface area contributed by atoms with Crippen molar-refractivity contribution in [2.45, 2.75) is 6.54 Å². The van der Waals surface area contributed by atoms with E-state index in [1.165, 1.54) is 0 Å². The fourth-order valence-corrected chi connectivity index (χ4v) is 1.47. The summed E-state index contributed by atoms with van der Waals surface area (Å²) in [5.41, 5.74) is 1.02. The normalized spacial score (nSPS) is 10.6. The standard InChI is InChI=1S/C12H16N4O/c1-17-8-7-13-9-11-14-12(16-15-11)10-5-3-2-4-6-10/h2-6,13H,7-9H2,1H3,(H,14,15,16).